The van der Waals surface area contributed by atoms with Crippen molar-refractivity contribution in [2.45, 2.75) is 13.0 Å². The van der Waals surface area contributed by atoms with Crippen LogP contribution in [0.2, 0.25) is 0 Å². The average molecular weight is 329 g/mol. The second-order valence-electron chi connectivity index (χ2n) is 3.65. The maximum absolute atomic E-state index is 11.6. The van der Waals surface area contributed by atoms with E-state index in [1.54, 1.807) is 0 Å². The number of hydrogen-bond acceptors (Lipinski definition) is 2. The highest BCUT2D eigenvalue weighted by Gasteiger charge is 2.10. The molecule has 0 aliphatic heterocycles. The van der Waals surface area contributed by atoms with E-state index in [0.29, 0.717) is 5.82 Å². The Bertz CT molecular complexity index is 541. The van der Waals surface area contributed by atoms with Gasteiger partial charge in [0.2, 0.25) is 0 Å². The Labute approximate surface area is 107 Å². The van der Waals surface area contributed by atoms with Crippen LogP contribution in [0.15, 0.2) is 35.1 Å². The third-order valence-corrected chi connectivity index (χ3v) is 3.22. The van der Waals surface area contributed by atoms with E-state index in [4.69, 9.17) is 5.73 Å². The summed E-state index contributed by atoms with van der Waals surface area (Å²) in [5.41, 5.74) is 6.51. The fourth-order valence-electron chi connectivity index (χ4n) is 1.61. The minimum atomic E-state index is -0.108. The van der Waals surface area contributed by atoms with E-state index >= 15 is 0 Å². The number of hydrogen-bond donors (Lipinski definition) is 2. The van der Waals surface area contributed by atoms with Crippen LogP contribution in [0.5, 0.6) is 0 Å². The molecule has 2 aromatic rings. The summed E-state index contributed by atoms with van der Waals surface area (Å²) < 4.78 is 2.70. The van der Waals surface area contributed by atoms with Crippen LogP contribution in [0.3, 0.4) is 0 Å². The molecule has 16 heavy (non-hydrogen) atoms. The lowest BCUT2D eigenvalue weighted by molar-refractivity contribution is 0.549. The zero-order chi connectivity index (χ0) is 11.7. The van der Waals surface area contributed by atoms with Crippen LogP contribution in [-0.2, 0) is 0 Å². The molecule has 1 atom stereocenters. The number of nitrogens with zero attached hydrogens (tertiary/aromatic N) is 1. The van der Waals surface area contributed by atoms with E-state index in [-0.39, 0.29) is 11.6 Å². The molecule has 0 aliphatic rings. The van der Waals surface area contributed by atoms with Gasteiger partial charge in [0.25, 0.3) is 5.56 Å². The molecule has 0 bridgehead atoms. The van der Waals surface area contributed by atoms with Crippen molar-refractivity contribution in [2.24, 2.45) is 0 Å². The predicted molar refractivity (Wildman–Crippen MR) is 72.4 cm³/mol. The molecule has 1 heterocycles. The van der Waals surface area contributed by atoms with Crippen LogP contribution >= 0.6 is 22.6 Å². The smallest absolute Gasteiger partial charge is 0.269 e. The number of nitrogens with two attached hydrogens (primary N) is 1. The normalized spacial score (nSPS) is 12.6. The summed E-state index contributed by atoms with van der Waals surface area (Å²) in [5, 5.41) is 2.84. The Balaban J connectivity index is 2.38. The molecule has 0 amide bonds. The van der Waals surface area contributed by atoms with Gasteiger partial charge in [0, 0.05) is 9.64 Å². The first-order valence-electron chi connectivity index (χ1n) is 4.90. The fraction of sp³-hybridized carbons (Fsp3) is 0.182. The number of rotatable bonds is 2. The molecule has 2 rings (SSSR count). The Kier molecular flexibility index (Phi) is 3.04. The highest BCUT2D eigenvalue weighted by Crippen LogP contribution is 2.17. The molecule has 0 aliphatic carbocycles. The summed E-state index contributed by atoms with van der Waals surface area (Å²) in [5.74, 6) is 0.391. The summed E-state index contributed by atoms with van der Waals surface area (Å²) in [6.07, 6.45) is 0. The van der Waals surface area contributed by atoms with Gasteiger partial charge in [-0.15, -0.1) is 0 Å². The summed E-state index contributed by atoms with van der Waals surface area (Å²) in [6.45, 7) is 1.96. The molecule has 0 saturated heterocycles. The minimum absolute atomic E-state index is 0.0400. The van der Waals surface area contributed by atoms with Gasteiger partial charge in [-0.05, 0) is 47.2 Å². The number of aromatic nitrogens is 2. The third kappa shape index (κ3) is 2.13. The number of anilines is 1. The third-order valence-electron chi connectivity index (χ3n) is 2.51. The van der Waals surface area contributed by atoms with E-state index in [9.17, 15) is 4.79 Å². The monoisotopic (exact) mass is 329 g/mol. The Morgan fingerprint density at radius 1 is 1.38 bits per heavy atom. The molecule has 1 unspecified atom stereocenters. The molecular weight excluding hydrogens is 317 g/mol. The van der Waals surface area contributed by atoms with Crippen molar-refractivity contribution in [2.75, 3.05) is 5.73 Å². The second kappa shape index (κ2) is 4.32. The second-order valence-corrected chi connectivity index (χ2v) is 4.89. The first-order chi connectivity index (χ1) is 7.58. The number of benzene rings is 1. The van der Waals surface area contributed by atoms with Gasteiger partial charge in [0.1, 0.15) is 5.82 Å². The summed E-state index contributed by atoms with van der Waals surface area (Å²) in [6, 6.07) is 9.41. The molecule has 4 nitrogen and oxygen atoms in total. The van der Waals surface area contributed by atoms with E-state index in [0.717, 1.165) is 5.56 Å². The highest BCUT2D eigenvalue weighted by molar-refractivity contribution is 14.1. The van der Waals surface area contributed by atoms with Crippen molar-refractivity contribution in [3.63, 3.8) is 0 Å². The summed E-state index contributed by atoms with van der Waals surface area (Å²) in [7, 11) is 0. The van der Waals surface area contributed by atoms with Gasteiger partial charge in [0.05, 0.1) is 6.04 Å². The molecular formula is C11H12IN3O. The summed E-state index contributed by atoms with van der Waals surface area (Å²) in [4.78, 5) is 11.6. The predicted octanol–water partition coefficient (Wildman–Crippen LogP) is 1.97. The van der Waals surface area contributed by atoms with Crippen molar-refractivity contribution in [1.29, 1.82) is 0 Å². The number of nitrogens with one attached hydrogen (secondary N) is 1. The zero-order valence-electron chi connectivity index (χ0n) is 8.77. The van der Waals surface area contributed by atoms with Crippen LogP contribution in [0, 0.1) is 3.57 Å². The largest absolute Gasteiger partial charge is 0.384 e. The Morgan fingerprint density at radius 2 is 2.00 bits per heavy atom. The van der Waals surface area contributed by atoms with Crippen molar-refractivity contribution in [3.05, 3.63) is 49.8 Å². The van der Waals surface area contributed by atoms with Crippen LogP contribution in [-0.4, -0.2) is 9.78 Å². The Hall–Kier alpha value is -1.24. The lowest BCUT2D eigenvalue weighted by Crippen LogP contribution is -2.20. The molecule has 0 spiro atoms. The van der Waals surface area contributed by atoms with Crippen molar-refractivity contribution in [3.8, 4) is 0 Å². The number of halogens is 1. The van der Waals surface area contributed by atoms with E-state index < -0.39 is 0 Å². The molecule has 5 heteroatoms. The van der Waals surface area contributed by atoms with Gasteiger partial charge in [-0.3, -0.25) is 9.89 Å². The van der Waals surface area contributed by atoms with Crippen molar-refractivity contribution < 1.29 is 0 Å². The zero-order valence-corrected chi connectivity index (χ0v) is 10.9. The van der Waals surface area contributed by atoms with Crippen molar-refractivity contribution in [1.82, 2.24) is 9.78 Å². The number of aromatic amines is 1. The molecule has 0 fully saturated rings. The van der Waals surface area contributed by atoms with Gasteiger partial charge < -0.3 is 5.73 Å². The van der Waals surface area contributed by atoms with Gasteiger partial charge in [-0.2, -0.15) is 0 Å². The van der Waals surface area contributed by atoms with E-state index in [1.807, 2.05) is 31.2 Å². The molecule has 3 N–H and O–H groups in total. The number of H-pyrrole nitrogens is 1. The first kappa shape index (κ1) is 11.3. The number of nitrogen functional groups attached to an aromatic ring is 1. The summed E-state index contributed by atoms with van der Waals surface area (Å²) >= 11 is 2.25. The maximum Gasteiger partial charge on any atom is 0.269 e. The molecule has 1 aromatic carbocycles. The van der Waals surface area contributed by atoms with Gasteiger partial charge in [-0.25, -0.2) is 4.68 Å². The van der Waals surface area contributed by atoms with Crippen LogP contribution in [0.1, 0.15) is 18.5 Å². The van der Waals surface area contributed by atoms with E-state index in [2.05, 4.69) is 27.7 Å². The molecule has 1 aromatic heterocycles. The fourth-order valence-corrected chi connectivity index (χ4v) is 1.97. The quantitative estimate of drug-likeness (QED) is 0.828. The molecule has 0 saturated carbocycles. The van der Waals surface area contributed by atoms with Crippen LogP contribution < -0.4 is 11.3 Å². The Morgan fingerprint density at radius 3 is 2.50 bits per heavy atom. The van der Waals surface area contributed by atoms with Crippen LogP contribution in [0.25, 0.3) is 0 Å². The van der Waals surface area contributed by atoms with Gasteiger partial charge in [-0.1, -0.05) is 12.1 Å². The van der Waals surface area contributed by atoms with Crippen molar-refractivity contribution >= 4 is 28.4 Å². The SMILES string of the molecule is CC(c1ccc(I)cc1)n1[nH]c(N)cc1=O. The lowest BCUT2D eigenvalue weighted by atomic mass is 10.1. The molecule has 84 valence electrons. The van der Waals surface area contributed by atoms with Crippen LogP contribution in [0.4, 0.5) is 5.82 Å². The van der Waals surface area contributed by atoms with Gasteiger partial charge in [0.15, 0.2) is 0 Å². The van der Waals surface area contributed by atoms with Gasteiger partial charge >= 0.3 is 0 Å². The van der Waals surface area contributed by atoms with E-state index in [1.165, 1.54) is 14.3 Å². The standard InChI is InChI=1S/C11H12IN3O/c1-7(8-2-4-9(12)5-3-8)15-11(16)6-10(13)14-15/h2-7,14H,13H2,1H3. The molecule has 0 radical (unpaired) electrons. The minimum Gasteiger partial charge on any atom is -0.384 e. The highest BCUT2D eigenvalue weighted by atomic mass is 127. The maximum atomic E-state index is 11.6. The topological polar surface area (TPSA) is 63.8 Å². The first-order valence-corrected chi connectivity index (χ1v) is 5.98. The average Bonchev–Trinajstić information content (AvgIpc) is 2.58. The lowest BCUT2D eigenvalue weighted by Gasteiger charge is -2.12.